The molecule has 1 aromatic carbocycles. The molecule has 1 N–H and O–H groups in total. The highest BCUT2D eigenvalue weighted by molar-refractivity contribution is 6.05. The topological polar surface area (TPSA) is 73.2 Å². The number of nitrogens with zero attached hydrogens (tertiary/aromatic N) is 2. The van der Waals surface area contributed by atoms with Crippen molar-refractivity contribution >= 4 is 22.6 Å². The first-order chi connectivity index (χ1) is 11.6. The van der Waals surface area contributed by atoms with Crippen LogP contribution in [0.5, 0.6) is 5.75 Å². The van der Waals surface area contributed by atoms with Gasteiger partial charge in [0.2, 0.25) is 0 Å². The number of rotatable bonds is 4. The highest BCUT2D eigenvalue weighted by Crippen LogP contribution is 2.17. The summed E-state index contributed by atoms with van der Waals surface area (Å²) in [5.74, 6) is 0.272. The van der Waals surface area contributed by atoms with Crippen molar-refractivity contribution < 1.29 is 9.53 Å². The van der Waals surface area contributed by atoms with Gasteiger partial charge in [0.1, 0.15) is 17.0 Å². The van der Waals surface area contributed by atoms with Crippen molar-refractivity contribution in [2.45, 2.75) is 6.92 Å². The number of hydrogen-bond donors (Lipinski definition) is 1. The predicted octanol–water partition coefficient (Wildman–Crippen LogP) is 2.58. The lowest BCUT2D eigenvalue weighted by atomic mass is 10.2. The maximum absolute atomic E-state index is 12.5. The quantitative estimate of drug-likeness (QED) is 0.801. The molecule has 0 radical (unpaired) electrons. The number of benzene rings is 1. The van der Waals surface area contributed by atoms with Crippen LogP contribution < -0.4 is 15.6 Å². The van der Waals surface area contributed by atoms with Crippen LogP contribution in [0, 0.1) is 0 Å². The molecule has 24 heavy (non-hydrogen) atoms. The van der Waals surface area contributed by atoms with Crippen LogP contribution in [-0.2, 0) is 7.05 Å². The molecule has 0 spiro atoms. The molecular weight excluding hydrogens is 306 g/mol. The molecule has 0 saturated heterocycles. The molecule has 122 valence electrons. The van der Waals surface area contributed by atoms with Crippen molar-refractivity contribution in [1.29, 1.82) is 0 Å². The van der Waals surface area contributed by atoms with Gasteiger partial charge in [-0.25, -0.2) is 4.98 Å². The smallest absolute Gasteiger partial charge is 0.264 e. The molecule has 2 heterocycles. The van der Waals surface area contributed by atoms with E-state index in [1.165, 1.54) is 4.57 Å². The van der Waals surface area contributed by atoms with Gasteiger partial charge in [0.05, 0.1) is 6.61 Å². The van der Waals surface area contributed by atoms with Gasteiger partial charge in [-0.3, -0.25) is 14.2 Å². The lowest BCUT2D eigenvalue weighted by Gasteiger charge is -2.09. The van der Waals surface area contributed by atoms with E-state index in [9.17, 15) is 9.59 Å². The van der Waals surface area contributed by atoms with Gasteiger partial charge in [-0.2, -0.15) is 0 Å². The third-order valence-electron chi connectivity index (χ3n) is 3.64. The second-order valence-electron chi connectivity index (χ2n) is 5.25. The molecule has 0 aliphatic rings. The zero-order valence-corrected chi connectivity index (χ0v) is 13.4. The molecule has 0 fully saturated rings. The highest BCUT2D eigenvalue weighted by atomic mass is 16.5. The van der Waals surface area contributed by atoms with Gasteiger partial charge in [0.25, 0.3) is 11.5 Å². The predicted molar refractivity (Wildman–Crippen MR) is 92.5 cm³/mol. The molecule has 6 nitrogen and oxygen atoms in total. The Kier molecular flexibility index (Phi) is 4.29. The molecule has 0 aliphatic heterocycles. The van der Waals surface area contributed by atoms with Crippen molar-refractivity contribution in [3.8, 4) is 5.75 Å². The largest absolute Gasteiger partial charge is 0.494 e. The third-order valence-corrected chi connectivity index (χ3v) is 3.64. The van der Waals surface area contributed by atoms with Crippen LogP contribution in [0.1, 0.15) is 17.3 Å². The maximum Gasteiger partial charge on any atom is 0.264 e. The van der Waals surface area contributed by atoms with E-state index in [4.69, 9.17) is 4.74 Å². The summed E-state index contributed by atoms with van der Waals surface area (Å²) in [5.41, 5.74) is 0.827. The molecule has 6 heteroatoms. The molecule has 0 unspecified atom stereocenters. The van der Waals surface area contributed by atoms with Crippen molar-refractivity contribution in [1.82, 2.24) is 9.55 Å². The summed E-state index contributed by atoms with van der Waals surface area (Å²) in [6, 6.07) is 12.1. The number of carbonyl (C=O) groups is 1. The number of hydrogen-bond acceptors (Lipinski definition) is 4. The zero-order valence-electron chi connectivity index (χ0n) is 13.4. The van der Waals surface area contributed by atoms with Crippen molar-refractivity contribution in [2.24, 2.45) is 7.05 Å². The second-order valence-corrected chi connectivity index (χ2v) is 5.25. The lowest BCUT2D eigenvalue weighted by molar-refractivity contribution is 0.102. The van der Waals surface area contributed by atoms with Crippen LogP contribution in [0.15, 0.2) is 53.5 Å². The number of aryl methyl sites for hydroxylation is 1. The number of nitrogens with one attached hydrogen (secondary N) is 1. The number of amides is 1. The third kappa shape index (κ3) is 2.99. The number of anilines is 1. The molecule has 0 aliphatic carbocycles. The van der Waals surface area contributed by atoms with Gasteiger partial charge >= 0.3 is 0 Å². The molecule has 0 bridgehead atoms. The molecule has 2 aromatic heterocycles. The van der Waals surface area contributed by atoms with E-state index in [1.807, 2.05) is 13.0 Å². The van der Waals surface area contributed by atoms with Crippen LogP contribution in [0.3, 0.4) is 0 Å². The number of aromatic nitrogens is 2. The van der Waals surface area contributed by atoms with Crippen molar-refractivity contribution in [3.63, 3.8) is 0 Å². The Bertz CT molecular complexity index is 946. The molecule has 0 saturated carbocycles. The average Bonchev–Trinajstić information content (AvgIpc) is 2.60. The lowest BCUT2D eigenvalue weighted by Crippen LogP contribution is -2.28. The standard InChI is InChI=1S/C18H17N3O3/c1-3-24-14-8-6-13(7-9-14)20-17(22)15-11-12-5-4-10-19-16(12)21(2)18(15)23/h4-11H,3H2,1-2H3,(H,20,22). The van der Waals surface area contributed by atoms with Gasteiger partial charge in [0.15, 0.2) is 0 Å². The average molecular weight is 323 g/mol. The van der Waals surface area contributed by atoms with E-state index < -0.39 is 5.91 Å². The zero-order chi connectivity index (χ0) is 17.1. The summed E-state index contributed by atoms with van der Waals surface area (Å²) in [5, 5.41) is 3.46. The molecule has 1 amide bonds. The van der Waals surface area contributed by atoms with Gasteiger partial charge in [-0.05, 0) is 49.4 Å². The van der Waals surface area contributed by atoms with Crippen molar-refractivity contribution in [2.75, 3.05) is 11.9 Å². The number of pyridine rings is 2. The van der Waals surface area contributed by atoms with Crippen LogP contribution in [0.4, 0.5) is 5.69 Å². The summed E-state index contributed by atoms with van der Waals surface area (Å²) in [4.78, 5) is 29.0. The fourth-order valence-electron chi connectivity index (χ4n) is 2.46. The Morgan fingerprint density at radius 2 is 2.00 bits per heavy atom. The number of ether oxygens (including phenoxy) is 1. The van der Waals surface area contributed by atoms with E-state index >= 15 is 0 Å². The summed E-state index contributed by atoms with van der Waals surface area (Å²) in [7, 11) is 1.60. The minimum atomic E-state index is -0.453. The van der Waals surface area contributed by atoms with E-state index in [0.29, 0.717) is 17.9 Å². The Hall–Kier alpha value is -3.15. The first-order valence-electron chi connectivity index (χ1n) is 7.59. The minimum absolute atomic E-state index is 0.0758. The van der Waals surface area contributed by atoms with Crippen LogP contribution >= 0.6 is 0 Å². The fourth-order valence-corrected chi connectivity index (χ4v) is 2.46. The highest BCUT2D eigenvalue weighted by Gasteiger charge is 2.14. The van der Waals surface area contributed by atoms with Crippen LogP contribution in [-0.4, -0.2) is 22.1 Å². The summed E-state index contributed by atoms with van der Waals surface area (Å²) < 4.78 is 6.74. The van der Waals surface area contributed by atoms with E-state index in [2.05, 4.69) is 10.3 Å². The summed E-state index contributed by atoms with van der Waals surface area (Å²) >= 11 is 0. The van der Waals surface area contributed by atoms with Crippen LogP contribution in [0.25, 0.3) is 11.0 Å². The van der Waals surface area contributed by atoms with Gasteiger partial charge < -0.3 is 10.1 Å². The number of fused-ring (bicyclic) bond motifs is 1. The normalized spacial score (nSPS) is 10.6. The maximum atomic E-state index is 12.5. The Morgan fingerprint density at radius 1 is 1.25 bits per heavy atom. The summed E-state index contributed by atoms with van der Waals surface area (Å²) in [6.45, 7) is 2.48. The van der Waals surface area contributed by atoms with Crippen molar-refractivity contribution in [3.05, 3.63) is 64.6 Å². The molecule has 0 atom stereocenters. The van der Waals surface area contributed by atoms with E-state index in [1.54, 1.807) is 49.6 Å². The minimum Gasteiger partial charge on any atom is -0.494 e. The van der Waals surface area contributed by atoms with Crippen LogP contribution in [0.2, 0.25) is 0 Å². The van der Waals surface area contributed by atoms with Gasteiger partial charge in [-0.15, -0.1) is 0 Å². The fraction of sp³-hybridized carbons (Fsp3) is 0.167. The first-order valence-corrected chi connectivity index (χ1v) is 7.59. The number of carbonyl (C=O) groups excluding carboxylic acids is 1. The first kappa shape index (κ1) is 15.7. The molecule has 3 aromatic rings. The van der Waals surface area contributed by atoms with E-state index in [-0.39, 0.29) is 11.1 Å². The van der Waals surface area contributed by atoms with Gasteiger partial charge in [0, 0.05) is 24.3 Å². The van der Waals surface area contributed by atoms with E-state index in [0.717, 1.165) is 11.1 Å². The SMILES string of the molecule is CCOc1ccc(NC(=O)c2cc3cccnc3n(C)c2=O)cc1. The second kappa shape index (κ2) is 6.54. The monoisotopic (exact) mass is 323 g/mol. The van der Waals surface area contributed by atoms with Gasteiger partial charge in [-0.1, -0.05) is 0 Å². The molecule has 3 rings (SSSR count). The summed E-state index contributed by atoms with van der Waals surface area (Å²) in [6.07, 6.45) is 1.61. The Morgan fingerprint density at radius 3 is 2.71 bits per heavy atom. The Balaban J connectivity index is 1.91. The Labute approximate surface area is 138 Å². The molecular formula is C18H17N3O3.